The molecule has 0 aliphatic rings. The number of hydrogen-bond donors (Lipinski definition) is 0. The van der Waals surface area contributed by atoms with E-state index in [-0.39, 0.29) is 5.78 Å². The van der Waals surface area contributed by atoms with Gasteiger partial charge in [-0.2, -0.15) is 0 Å². The first-order valence-electron chi connectivity index (χ1n) is 2.24. The molecule has 0 amide bonds. The van der Waals surface area contributed by atoms with Crippen LogP contribution in [0.5, 0.6) is 0 Å². The first-order chi connectivity index (χ1) is 3.65. The third-order valence-electron chi connectivity index (χ3n) is 0.0714. The molecule has 0 fully saturated rings. The minimum atomic E-state index is 0.167. The third-order valence-corrected chi connectivity index (χ3v) is 1.93. The van der Waals surface area contributed by atoms with Gasteiger partial charge in [-0.05, 0) is 13.8 Å². The first kappa shape index (κ1) is 11.4. The quantitative estimate of drug-likeness (QED) is 0.649. The van der Waals surface area contributed by atoms with Gasteiger partial charge in [0, 0.05) is 10.7 Å². The molecule has 0 aromatic carbocycles. The highest BCUT2D eigenvalue weighted by atomic mass is 79.9. The molecule has 50 valence electrons. The predicted molar refractivity (Wildman–Crippen MR) is 43.9 cm³/mol. The number of Topliss-reactive ketones (excluding diaryl/α,β-unsaturated/α-hetero) is 1. The maximum absolute atomic E-state index is 9.44. The van der Waals surface area contributed by atoms with Crippen LogP contribution in [0.15, 0.2) is 0 Å². The van der Waals surface area contributed by atoms with Crippen molar-refractivity contribution in [2.24, 2.45) is 0 Å². The van der Waals surface area contributed by atoms with E-state index in [1.807, 2.05) is 0 Å². The SMILES string of the molecule is BrCCBr.CC(C)=O. The largest absolute Gasteiger partial charge is 0.300 e. The number of halogens is 2. The summed E-state index contributed by atoms with van der Waals surface area (Å²) in [5, 5.41) is 2.10. The van der Waals surface area contributed by atoms with Gasteiger partial charge in [0.15, 0.2) is 0 Å². The molecule has 0 N–H and O–H groups in total. The molecule has 0 bridgehead atoms. The monoisotopic (exact) mass is 244 g/mol. The lowest BCUT2D eigenvalue weighted by atomic mass is 10.6. The normalized spacial score (nSPS) is 7.00. The van der Waals surface area contributed by atoms with Gasteiger partial charge in [-0.1, -0.05) is 31.9 Å². The summed E-state index contributed by atoms with van der Waals surface area (Å²) >= 11 is 6.40. The topological polar surface area (TPSA) is 17.1 Å². The Bertz CT molecular complexity index is 48.4. The molecule has 0 aliphatic heterocycles. The molecule has 0 unspecified atom stereocenters. The molecule has 0 aliphatic carbocycles. The second kappa shape index (κ2) is 10.6. The number of rotatable bonds is 1. The summed E-state index contributed by atoms with van der Waals surface area (Å²) in [5.74, 6) is 0.167. The van der Waals surface area contributed by atoms with Gasteiger partial charge in [0.1, 0.15) is 5.78 Å². The highest BCUT2D eigenvalue weighted by Crippen LogP contribution is 1.82. The van der Waals surface area contributed by atoms with Crippen LogP contribution in [-0.4, -0.2) is 16.4 Å². The smallest absolute Gasteiger partial charge is 0.126 e. The standard InChI is InChI=1S/C3H6O.C2H4Br2/c1-3(2)4;3-1-2-4/h1-2H3;1-2H2. The van der Waals surface area contributed by atoms with Gasteiger partial charge in [-0.25, -0.2) is 0 Å². The van der Waals surface area contributed by atoms with Crippen LogP contribution in [0, 0.1) is 0 Å². The number of hydrogen-bond acceptors (Lipinski definition) is 1. The zero-order valence-electron chi connectivity index (χ0n) is 5.08. The molecule has 0 saturated heterocycles. The summed E-state index contributed by atoms with van der Waals surface area (Å²) < 4.78 is 0. The Balaban J connectivity index is 0. The van der Waals surface area contributed by atoms with Crippen molar-refractivity contribution in [3.63, 3.8) is 0 Å². The average Bonchev–Trinajstić information content (AvgIpc) is 1.65. The van der Waals surface area contributed by atoms with Gasteiger partial charge in [0.25, 0.3) is 0 Å². The lowest BCUT2D eigenvalue weighted by molar-refractivity contribution is -0.114. The molecule has 0 atom stereocenters. The maximum atomic E-state index is 9.44. The van der Waals surface area contributed by atoms with Crippen molar-refractivity contribution in [3.8, 4) is 0 Å². The van der Waals surface area contributed by atoms with E-state index in [1.165, 1.54) is 13.8 Å². The zero-order valence-corrected chi connectivity index (χ0v) is 8.25. The summed E-state index contributed by atoms with van der Waals surface area (Å²) in [5.41, 5.74) is 0. The van der Waals surface area contributed by atoms with Crippen LogP contribution < -0.4 is 0 Å². The molecule has 1 nitrogen and oxygen atoms in total. The van der Waals surface area contributed by atoms with Crippen LogP contribution in [0.25, 0.3) is 0 Å². The molecule has 0 heterocycles. The first-order valence-corrected chi connectivity index (χ1v) is 4.48. The number of ketones is 1. The molecule has 0 saturated carbocycles. The molecular weight excluding hydrogens is 236 g/mol. The summed E-state index contributed by atoms with van der Waals surface area (Å²) in [6.07, 6.45) is 0. The van der Waals surface area contributed by atoms with Crippen molar-refractivity contribution in [1.29, 1.82) is 0 Å². The fraction of sp³-hybridized carbons (Fsp3) is 0.800. The minimum absolute atomic E-state index is 0.167. The molecular formula is C5H10Br2O. The molecule has 0 spiro atoms. The molecule has 8 heavy (non-hydrogen) atoms. The van der Waals surface area contributed by atoms with E-state index in [0.717, 1.165) is 10.7 Å². The number of carbonyl (C=O) groups excluding carboxylic acids is 1. The Labute approximate surface area is 67.1 Å². The van der Waals surface area contributed by atoms with Crippen LogP contribution in [0.2, 0.25) is 0 Å². The van der Waals surface area contributed by atoms with Crippen molar-refractivity contribution < 1.29 is 4.79 Å². The van der Waals surface area contributed by atoms with Crippen molar-refractivity contribution >= 4 is 37.6 Å². The van der Waals surface area contributed by atoms with E-state index in [0.29, 0.717) is 0 Å². The zero-order chi connectivity index (χ0) is 6.99. The third kappa shape index (κ3) is 79.1. The van der Waals surface area contributed by atoms with Crippen molar-refractivity contribution in [2.75, 3.05) is 10.7 Å². The Kier molecular flexibility index (Phi) is 15.1. The van der Waals surface area contributed by atoms with Gasteiger partial charge in [0.05, 0.1) is 0 Å². The van der Waals surface area contributed by atoms with Crippen LogP contribution >= 0.6 is 31.9 Å². The van der Waals surface area contributed by atoms with Crippen molar-refractivity contribution in [2.45, 2.75) is 13.8 Å². The molecule has 0 rings (SSSR count). The molecule has 3 heteroatoms. The molecule has 0 aromatic heterocycles. The molecule has 0 radical (unpaired) electrons. The van der Waals surface area contributed by atoms with Crippen LogP contribution in [0.4, 0.5) is 0 Å². The second-order valence-corrected chi connectivity index (χ2v) is 2.87. The molecule has 0 aromatic rings. The van der Waals surface area contributed by atoms with E-state index in [4.69, 9.17) is 0 Å². The Hall–Kier alpha value is 0.630. The van der Waals surface area contributed by atoms with E-state index >= 15 is 0 Å². The second-order valence-electron chi connectivity index (χ2n) is 1.29. The van der Waals surface area contributed by atoms with Crippen molar-refractivity contribution in [3.05, 3.63) is 0 Å². The lowest BCUT2D eigenvalue weighted by Gasteiger charge is -1.63. The van der Waals surface area contributed by atoms with Crippen LogP contribution in [-0.2, 0) is 4.79 Å². The lowest BCUT2D eigenvalue weighted by Crippen LogP contribution is -1.69. The van der Waals surface area contributed by atoms with E-state index in [2.05, 4.69) is 31.9 Å². The van der Waals surface area contributed by atoms with E-state index < -0.39 is 0 Å². The van der Waals surface area contributed by atoms with Crippen molar-refractivity contribution in [1.82, 2.24) is 0 Å². The van der Waals surface area contributed by atoms with Crippen LogP contribution in [0.1, 0.15) is 13.8 Å². The van der Waals surface area contributed by atoms with E-state index in [1.54, 1.807) is 0 Å². The highest BCUT2D eigenvalue weighted by Gasteiger charge is 1.62. The van der Waals surface area contributed by atoms with Gasteiger partial charge in [-0.15, -0.1) is 0 Å². The van der Waals surface area contributed by atoms with Gasteiger partial charge < -0.3 is 4.79 Å². The van der Waals surface area contributed by atoms with Gasteiger partial charge in [0.2, 0.25) is 0 Å². The summed E-state index contributed by atoms with van der Waals surface area (Å²) in [4.78, 5) is 9.44. The minimum Gasteiger partial charge on any atom is -0.300 e. The maximum Gasteiger partial charge on any atom is 0.126 e. The van der Waals surface area contributed by atoms with E-state index in [9.17, 15) is 4.79 Å². The number of carbonyl (C=O) groups is 1. The van der Waals surface area contributed by atoms with Gasteiger partial charge >= 0.3 is 0 Å². The average molecular weight is 246 g/mol. The Morgan fingerprint density at radius 1 is 1.25 bits per heavy atom. The Morgan fingerprint density at radius 2 is 1.38 bits per heavy atom. The summed E-state index contributed by atoms with van der Waals surface area (Å²) in [6.45, 7) is 3.06. The fourth-order valence-electron chi connectivity index (χ4n) is 0. The number of alkyl halides is 2. The Morgan fingerprint density at radius 3 is 1.38 bits per heavy atom. The predicted octanol–water partition coefficient (Wildman–Crippen LogP) is 2.37. The van der Waals surface area contributed by atoms with Gasteiger partial charge in [-0.3, -0.25) is 0 Å². The summed E-state index contributed by atoms with van der Waals surface area (Å²) in [7, 11) is 0. The fourth-order valence-corrected chi connectivity index (χ4v) is 0. The van der Waals surface area contributed by atoms with Crippen LogP contribution in [0.3, 0.4) is 0 Å². The highest BCUT2D eigenvalue weighted by molar-refractivity contribution is 9.11. The summed E-state index contributed by atoms with van der Waals surface area (Å²) in [6, 6.07) is 0.